The van der Waals surface area contributed by atoms with Gasteiger partial charge in [-0.2, -0.15) is 0 Å². The Morgan fingerprint density at radius 1 is 0.960 bits per heavy atom. The summed E-state index contributed by atoms with van der Waals surface area (Å²) < 4.78 is 40.0. The molecule has 1 aliphatic carbocycles. The van der Waals surface area contributed by atoms with Gasteiger partial charge in [-0.25, -0.2) is 13.1 Å². The van der Waals surface area contributed by atoms with Crippen molar-refractivity contribution in [2.45, 2.75) is 81.9 Å². The van der Waals surface area contributed by atoms with E-state index in [4.69, 9.17) is 9.31 Å². The van der Waals surface area contributed by atoms with Crippen LogP contribution in [0.3, 0.4) is 0 Å². The molecule has 0 radical (unpaired) electrons. The Balaban J connectivity index is 1.72. The van der Waals surface area contributed by atoms with Crippen molar-refractivity contribution in [2.24, 2.45) is 0 Å². The van der Waals surface area contributed by atoms with Crippen LogP contribution in [0.15, 0.2) is 29.2 Å². The van der Waals surface area contributed by atoms with Gasteiger partial charge in [0.15, 0.2) is 0 Å². The van der Waals surface area contributed by atoms with Gasteiger partial charge in [-0.15, -0.1) is 0 Å². The number of hydrogen-bond donors (Lipinski definition) is 1. The highest BCUT2D eigenvalue weighted by Crippen LogP contribution is 2.36. The van der Waals surface area contributed by atoms with Crippen molar-refractivity contribution in [3.8, 4) is 0 Å². The second-order valence-electron chi connectivity index (χ2n) is 8.11. The molecular weight excluding hydrogens is 337 g/mol. The van der Waals surface area contributed by atoms with Crippen molar-refractivity contribution in [1.82, 2.24) is 4.72 Å². The topological polar surface area (TPSA) is 64.6 Å². The van der Waals surface area contributed by atoms with Crippen LogP contribution in [0.2, 0.25) is 0 Å². The van der Waals surface area contributed by atoms with E-state index in [1.807, 2.05) is 27.7 Å². The number of hydrogen-bond acceptors (Lipinski definition) is 4. The largest absolute Gasteiger partial charge is 0.494 e. The van der Waals surface area contributed by atoms with Gasteiger partial charge in [0.05, 0.1) is 16.1 Å². The summed E-state index contributed by atoms with van der Waals surface area (Å²) in [5, 5.41) is 0. The maximum absolute atomic E-state index is 12.6. The van der Waals surface area contributed by atoms with Gasteiger partial charge < -0.3 is 9.31 Å². The zero-order chi connectivity index (χ0) is 18.3. The number of benzene rings is 1. The summed E-state index contributed by atoms with van der Waals surface area (Å²) in [5.74, 6) is 0. The van der Waals surface area contributed by atoms with Crippen LogP contribution in [-0.4, -0.2) is 32.8 Å². The number of sulfonamides is 1. The standard InChI is InChI=1S/C18H28BNO4S/c1-17(2)18(3,4)24-19(23-17)14-10-12-16(13-11-14)25(21,22)20-15-8-6-5-7-9-15/h10-13,15,20H,5-9H2,1-4H3. The Morgan fingerprint density at radius 2 is 1.48 bits per heavy atom. The van der Waals surface area contributed by atoms with E-state index in [0.29, 0.717) is 4.90 Å². The van der Waals surface area contributed by atoms with Gasteiger partial charge in [-0.05, 0) is 58.1 Å². The van der Waals surface area contributed by atoms with Gasteiger partial charge in [0.25, 0.3) is 0 Å². The first-order valence-electron chi connectivity index (χ1n) is 9.09. The fraction of sp³-hybridized carbons (Fsp3) is 0.667. The van der Waals surface area contributed by atoms with Crippen molar-refractivity contribution in [2.75, 3.05) is 0 Å². The molecule has 0 bridgehead atoms. The molecule has 7 heteroatoms. The Kier molecular flexibility index (Phi) is 5.05. The lowest BCUT2D eigenvalue weighted by Crippen LogP contribution is -2.41. The van der Waals surface area contributed by atoms with E-state index in [1.165, 1.54) is 6.42 Å². The first-order valence-corrected chi connectivity index (χ1v) is 10.6. The van der Waals surface area contributed by atoms with Crippen LogP contribution in [0.4, 0.5) is 0 Å². The fourth-order valence-electron chi connectivity index (χ4n) is 3.29. The number of rotatable bonds is 4. The van der Waals surface area contributed by atoms with Crippen LogP contribution in [0.1, 0.15) is 59.8 Å². The molecule has 25 heavy (non-hydrogen) atoms. The van der Waals surface area contributed by atoms with Crippen LogP contribution in [-0.2, 0) is 19.3 Å². The van der Waals surface area contributed by atoms with E-state index in [1.54, 1.807) is 24.3 Å². The van der Waals surface area contributed by atoms with E-state index < -0.39 is 28.3 Å². The van der Waals surface area contributed by atoms with Crippen LogP contribution >= 0.6 is 0 Å². The lowest BCUT2D eigenvalue weighted by atomic mass is 9.79. The normalized spacial score (nSPS) is 23.8. The predicted molar refractivity (Wildman–Crippen MR) is 99.4 cm³/mol. The van der Waals surface area contributed by atoms with Crippen molar-refractivity contribution in [3.63, 3.8) is 0 Å². The third-order valence-electron chi connectivity index (χ3n) is 5.64. The molecule has 5 nitrogen and oxygen atoms in total. The molecule has 1 heterocycles. The van der Waals surface area contributed by atoms with E-state index >= 15 is 0 Å². The van der Waals surface area contributed by atoms with Gasteiger partial charge in [0, 0.05) is 6.04 Å². The maximum atomic E-state index is 12.6. The molecule has 1 N–H and O–H groups in total. The minimum atomic E-state index is -3.48. The zero-order valence-corrected chi connectivity index (χ0v) is 16.4. The molecule has 0 unspecified atom stereocenters. The van der Waals surface area contributed by atoms with Gasteiger partial charge >= 0.3 is 7.12 Å². The molecule has 0 aromatic heterocycles. The van der Waals surface area contributed by atoms with E-state index in [2.05, 4.69) is 4.72 Å². The van der Waals surface area contributed by atoms with Crippen LogP contribution in [0, 0.1) is 0 Å². The summed E-state index contributed by atoms with van der Waals surface area (Å²) in [6, 6.07) is 6.87. The lowest BCUT2D eigenvalue weighted by Gasteiger charge is -2.32. The Labute approximate surface area is 151 Å². The molecule has 1 aromatic carbocycles. The predicted octanol–water partition coefficient (Wildman–Crippen LogP) is 2.60. The summed E-state index contributed by atoms with van der Waals surface area (Å²) in [6.45, 7) is 8.00. The average Bonchev–Trinajstić information content (AvgIpc) is 2.76. The van der Waals surface area contributed by atoms with Gasteiger partial charge in [0.1, 0.15) is 0 Å². The molecule has 138 valence electrons. The van der Waals surface area contributed by atoms with Crippen molar-refractivity contribution in [3.05, 3.63) is 24.3 Å². The van der Waals surface area contributed by atoms with Crippen molar-refractivity contribution in [1.29, 1.82) is 0 Å². The van der Waals surface area contributed by atoms with Gasteiger partial charge in [-0.1, -0.05) is 31.4 Å². The maximum Gasteiger partial charge on any atom is 0.494 e. The van der Waals surface area contributed by atoms with E-state index in [-0.39, 0.29) is 6.04 Å². The fourth-order valence-corrected chi connectivity index (χ4v) is 4.60. The number of nitrogens with one attached hydrogen (secondary N) is 1. The molecule has 1 aliphatic heterocycles. The molecule has 0 spiro atoms. The van der Waals surface area contributed by atoms with Crippen molar-refractivity contribution < 1.29 is 17.7 Å². The van der Waals surface area contributed by atoms with Crippen LogP contribution in [0.25, 0.3) is 0 Å². The summed E-state index contributed by atoms with van der Waals surface area (Å²) in [5.41, 5.74) is 0.00544. The van der Waals surface area contributed by atoms with Gasteiger partial charge in [0.2, 0.25) is 10.0 Å². The second-order valence-corrected chi connectivity index (χ2v) is 9.83. The highest BCUT2D eigenvalue weighted by Gasteiger charge is 2.51. The average molecular weight is 365 g/mol. The highest BCUT2D eigenvalue weighted by atomic mass is 32.2. The summed E-state index contributed by atoms with van der Waals surface area (Å²) in [6.07, 6.45) is 5.22. The first kappa shape index (κ1) is 18.9. The Bertz CT molecular complexity index is 693. The SMILES string of the molecule is CC1(C)OB(c2ccc(S(=O)(=O)NC3CCCCC3)cc2)OC1(C)C. The Morgan fingerprint density at radius 3 is 2.00 bits per heavy atom. The van der Waals surface area contributed by atoms with E-state index in [9.17, 15) is 8.42 Å². The smallest absolute Gasteiger partial charge is 0.399 e. The van der Waals surface area contributed by atoms with Crippen LogP contribution in [0.5, 0.6) is 0 Å². The minimum Gasteiger partial charge on any atom is -0.399 e. The highest BCUT2D eigenvalue weighted by molar-refractivity contribution is 7.89. The third-order valence-corrected chi connectivity index (χ3v) is 7.18. The molecule has 1 saturated carbocycles. The first-order chi connectivity index (χ1) is 11.6. The van der Waals surface area contributed by atoms with Crippen molar-refractivity contribution >= 4 is 22.6 Å². The molecule has 2 aliphatic rings. The molecule has 0 amide bonds. The molecule has 3 rings (SSSR count). The summed E-state index contributed by atoms with van der Waals surface area (Å²) in [4.78, 5) is 0.290. The monoisotopic (exact) mass is 365 g/mol. The molecule has 1 aromatic rings. The third kappa shape index (κ3) is 3.94. The summed E-state index contributed by atoms with van der Waals surface area (Å²) in [7, 11) is -3.96. The van der Waals surface area contributed by atoms with Crippen LogP contribution < -0.4 is 10.2 Å². The zero-order valence-electron chi connectivity index (χ0n) is 15.5. The molecular formula is C18H28BNO4S. The lowest BCUT2D eigenvalue weighted by molar-refractivity contribution is 0.00578. The quantitative estimate of drug-likeness (QED) is 0.833. The molecule has 2 fully saturated rings. The van der Waals surface area contributed by atoms with Gasteiger partial charge in [-0.3, -0.25) is 0 Å². The molecule has 1 saturated heterocycles. The minimum absolute atomic E-state index is 0.0570. The van der Waals surface area contributed by atoms with E-state index in [0.717, 1.165) is 31.1 Å². The Hall–Kier alpha value is -0.885. The second kappa shape index (κ2) is 6.69. The molecule has 0 atom stereocenters. The summed E-state index contributed by atoms with van der Waals surface area (Å²) >= 11 is 0.